The molecule has 126 valence electrons. The summed E-state index contributed by atoms with van der Waals surface area (Å²) in [6.07, 6.45) is 3.47. The van der Waals surface area contributed by atoms with Crippen molar-refractivity contribution in [2.45, 2.75) is 45.9 Å². The second kappa shape index (κ2) is 8.06. The first-order chi connectivity index (χ1) is 11.0. The lowest BCUT2D eigenvalue weighted by Crippen LogP contribution is -2.59. The molecule has 1 saturated heterocycles. The predicted octanol–water partition coefficient (Wildman–Crippen LogP) is 1.36. The van der Waals surface area contributed by atoms with Gasteiger partial charge < -0.3 is 15.0 Å². The molecular weight excluding hydrogens is 294 g/mol. The first-order valence-corrected chi connectivity index (χ1v) is 8.07. The van der Waals surface area contributed by atoms with Crippen LogP contribution < -0.4 is 5.32 Å². The van der Waals surface area contributed by atoms with Crippen LogP contribution in [0.15, 0.2) is 24.5 Å². The van der Waals surface area contributed by atoms with Crippen LogP contribution in [0.3, 0.4) is 0 Å². The van der Waals surface area contributed by atoms with Gasteiger partial charge in [0.05, 0.1) is 6.61 Å². The average Bonchev–Trinajstić information content (AvgIpc) is 2.54. The van der Waals surface area contributed by atoms with Gasteiger partial charge in [0.15, 0.2) is 0 Å². The fourth-order valence-corrected chi connectivity index (χ4v) is 2.66. The average molecular weight is 319 g/mol. The highest BCUT2D eigenvalue weighted by atomic mass is 16.5. The zero-order valence-corrected chi connectivity index (χ0v) is 14.0. The molecular formula is C17H25N3O3. The summed E-state index contributed by atoms with van der Waals surface area (Å²) in [5.41, 5.74) is 0.967. The van der Waals surface area contributed by atoms with Crippen molar-refractivity contribution in [3.05, 3.63) is 30.1 Å². The highest BCUT2D eigenvalue weighted by molar-refractivity contribution is 5.90. The van der Waals surface area contributed by atoms with Crippen molar-refractivity contribution in [2.75, 3.05) is 13.1 Å². The lowest BCUT2D eigenvalue weighted by atomic mass is 9.99. The Labute approximate surface area is 137 Å². The molecule has 2 heterocycles. The molecule has 0 bridgehead atoms. The number of carbonyl (C=O) groups excluding carboxylic acids is 2. The van der Waals surface area contributed by atoms with Crippen molar-refractivity contribution in [2.24, 2.45) is 5.92 Å². The third kappa shape index (κ3) is 4.76. The molecule has 1 aromatic rings. The van der Waals surface area contributed by atoms with Crippen LogP contribution in [-0.2, 0) is 20.9 Å². The minimum atomic E-state index is -0.580. The summed E-state index contributed by atoms with van der Waals surface area (Å²) in [4.78, 5) is 30.4. The number of hydrogen-bond acceptors (Lipinski definition) is 4. The van der Waals surface area contributed by atoms with Crippen molar-refractivity contribution in [3.63, 3.8) is 0 Å². The summed E-state index contributed by atoms with van der Waals surface area (Å²) in [6.45, 7) is 7.22. The number of ether oxygens (including phenoxy) is 1. The van der Waals surface area contributed by atoms with E-state index < -0.39 is 12.1 Å². The summed E-state index contributed by atoms with van der Waals surface area (Å²) < 4.78 is 5.68. The molecule has 2 amide bonds. The van der Waals surface area contributed by atoms with E-state index in [-0.39, 0.29) is 11.8 Å². The van der Waals surface area contributed by atoms with Crippen LogP contribution in [0.25, 0.3) is 0 Å². The SMILES string of the molecule is CC(C)C[C@@H]1C(=O)NCCN1C(=O)[C@H](C)OCc1ccncc1. The molecule has 2 atom stereocenters. The van der Waals surface area contributed by atoms with Gasteiger partial charge in [-0.3, -0.25) is 14.6 Å². The molecule has 6 heteroatoms. The summed E-state index contributed by atoms with van der Waals surface area (Å²) in [7, 11) is 0. The number of nitrogens with zero attached hydrogens (tertiary/aromatic N) is 2. The largest absolute Gasteiger partial charge is 0.364 e. The minimum Gasteiger partial charge on any atom is -0.364 e. The Bertz CT molecular complexity index is 533. The van der Waals surface area contributed by atoms with E-state index in [9.17, 15) is 9.59 Å². The molecule has 2 rings (SSSR count). The highest BCUT2D eigenvalue weighted by Crippen LogP contribution is 2.17. The van der Waals surface area contributed by atoms with Crippen LogP contribution >= 0.6 is 0 Å². The third-order valence-electron chi connectivity index (χ3n) is 3.91. The quantitative estimate of drug-likeness (QED) is 0.859. The van der Waals surface area contributed by atoms with E-state index in [4.69, 9.17) is 4.74 Å². The normalized spacial score (nSPS) is 19.6. The van der Waals surface area contributed by atoms with E-state index in [2.05, 4.69) is 10.3 Å². The molecule has 0 spiro atoms. The smallest absolute Gasteiger partial charge is 0.252 e. The van der Waals surface area contributed by atoms with E-state index in [0.29, 0.717) is 32.0 Å². The number of aromatic nitrogens is 1. The summed E-state index contributed by atoms with van der Waals surface area (Å²) in [5.74, 6) is 0.145. The van der Waals surface area contributed by atoms with E-state index in [1.54, 1.807) is 24.2 Å². The van der Waals surface area contributed by atoms with Gasteiger partial charge in [0.2, 0.25) is 5.91 Å². The van der Waals surface area contributed by atoms with Crippen LogP contribution in [0.2, 0.25) is 0 Å². The van der Waals surface area contributed by atoms with Gasteiger partial charge in [-0.25, -0.2) is 0 Å². The Hall–Kier alpha value is -1.95. The van der Waals surface area contributed by atoms with Gasteiger partial charge in [0, 0.05) is 25.5 Å². The Morgan fingerprint density at radius 3 is 2.74 bits per heavy atom. The van der Waals surface area contributed by atoms with Gasteiger partial charge in [-0.2, -0.15) is 0 Å². The summed E-state index contributed by atoms with van der Waals surface area (Å²) in [6, 6.07) is 3.31. The first-order valence-electron chi connectivity index (χ1n) is 8.07. The van der Waals surface area contributed by atoms with Gasteiger partial charge in [-0.15, -0.1) is 0 Å². The molecule has 1 aromatic heterocycles. The van der Waals surface area contributed by atoms with Gasteiger partial charge in [0.25, 0.3) is 5.91 Å². The lowest BCUT2D eigenvalue weighted by Gasteiger charge is -2.37. The van der Waals surface area contributed by atoms with Gasteiger partial charge >= 0.3 is 0 Å². The van der Waals surface area contributed by atoms with E-state index in [0.717, 1.165) is 5.56 Å². The number of piperazine rings is 1. The van der Waals surface area contributed by atoms with Crippen LogP contribution in [0.4, 0.5) is 0 Å². The molecule has 23 heavy (non-hydrogen) atoms. The Morgan fingerprint density at radius 2 is 2.09 bits per heavy atom. The second-order valence-electron chi connectivity index (χ2n) is 6.28. The molecule has 0 unspecified atom stereocenters. The Kier molecular flexibility index (Phi) is 6.10. The number of nitrogens with one attached hydrogen (secondary N) is 1. The van der Waals surface area contributed by atoms with E-state index >= 15 is 0 Å². The minimum absolute atomic E-state index is 0.0698. The van der Waals surface area contributed by atoms with Gasteiger partial charge in [0.1, 0.15) is 12.1 Å². The van der Waals surface area contributed by atoms with Crippen LogP contribution in [0.1, 0.15) is 32.8 Å². The summed E-state index contributed by atoms with van der Waals surface area (Å²) in [5, 5.41) is 2.84. The van der Waals surface area contributed by atoms with Gasteiger partial charge in [-0.05, 0) is 37.0 Å². The van der Waals surface area contributed by atoms with Crippen LogP contribution in [0.5, 0.6) is 0 Å². The maximum absolute atomic E-state index is 12.7. The van der Waals surface area contributed by atoms with Gasteiger partial charge in [-0.1, -0.05) is 13.8 Å². The second-order valence-corrected chi connectivity index (χ2v) is 6.28. The maximum Gasteiger partial charge on any atom is 0.252 e. The topological polar surface area (TPSA) is 71.5 Å². The summed E-state index contributed by atoms with van der Waals surface area (Å²) >= 11 is 0. The highest BCUT2D eigenvalue weighted by Gasteiger charge is 2.35. The Morgan fingerprint density at radius 1 is 1.39 bits per heavy atom. The number of carbonyl (C=O) groups is 2. The number of rotatable bonds is 6. The molecule has 1 fully saturated rings. The number of hydrogen-bond donors (Lipinski definition) is 1. The molecule has 0 aliphatic carbocycles. The lowest BCUT2D eigenvalue weighted by molar-refractivity contribution is -0.152. The molecule has 6 nitrogen and oxygen atoms in total. The fraction of sp³-hybridized carbons (Fsp3) is 0.588. The van der Waals surface area contributed by atoms with Crippen LogP contribution in [-0.4, -0.2) is 46.9 Å². The fourth-order valence-electron chi connectivity index (χ4n) is 2.66. The zero-order chi connectivity index (χ0) is 16.8. The standard InChI is InChI=1S/C17H25N3O3/c1-12(2)10-15-16(21)19-8-9-20(15)17(22)13(3)23-11-14-4-6-18-7-5-14/h4-7,12-13,15H,8-11H2,1-3H3,(H,19,21)/t13-,15+/m0/s1. The molecule has 1 N–H and O–H groups in total. The van der Waals surface area contributed by atoms with E-state index in [1.165, 1.54) is 0 Å². The van der Waals surface area contributed by atoms with Crippen molar-refractivity contribution < 1.29 is 14.3 Å². The third-order valence-corrected chi connectivity index (χ3v) is 3.91. The van der Waals surface area contributed by atoms with Crippen LogP contribution in [0, 0.1) is 5.92 Å². The molecule has 0 radical (unpaired) electrons. The first kappa shape index (κ1) is 17.4. The Balaban J connectivity index is 1.97. The molecule has 0 aromatic carbocycles. The van der Waals surface area contributed by atoms with Crippen molar-refractivity contribution in [1.82, 2.24) is 15.2 Å². The molecule has 1 aliphatic rings. The number of amides is 2. The number of pyridine rings is 1. The molecule has 0 saturated carbocycles. The van der Waals surface area contributed by atoms with Crippen molar-refractivity contribution in [3.8, 4) is 0 Å². The zero-order valence-electron chi connectivity index (χ0n) is 14.0. The predicted molar refractivity (Wildman–Crippen MR) is 86.5 cm³/mol. The maximum atomic E-state index is 12.7. The van der Waals surface area contributed by atoms with E-state index in [1.807, 2.05) is 26.0 Å². The molecule has 1 aliphatic heterocycles. The monoisotopic (exact) mass is 319 g/mol. The van der Waals surface area contributed by atoms with Crippen molar-refractivity contribution >= 4 is 11.8 Å². The van der Waals surface area contributed by atoms with Crippen molar-refractivity contribution in [1.29, 1.82) is 0 Å².